The molecule has 2 aliphatic rings. The number of nitrogens with one attached hydrogen (secondary N) is 2. The fourth-order valence-electron chi connectivity index (χ4n) is 5.09. The molecule has 42 heavy (non-hydrogen) atoms. The van der Waals surface area contributed by atoms with Gasteiger partial charge in [-0.15, -0.1) is 0 Å². The third-order valence-corrected chi connectivity index (χ3v) is 7.48. The normalized spacial score (nSPS) is 22.1. The molecule has 4 atom stereocenters. The van der Waals surface area contributed by atoms with Crippen LogP contribution in [0.3, 0.4) is 0 Å². The lowest BCUT2D eigenvalue weighted by Crippen LogP contribution is -2.47. The number of urea groups is 1. The van der Waals surface area contributed by atoms with E-state index >= 15 is 0 Å². The van der Waals surface area contributed by atoms with Crippen molar-refractivity contribution in [2.75, 3.05) is 57.8 Å². The lowest BCUT2D eigenvalue weighted by atomic mass is 10.0. The number of carbonyl (C=O) groups excluding carboxylic acids is 2. The van der Waals surface area contributed by atoms with Gasteiger partial charge in [0.1, 0.15) is 5.75 Å². The van der Waals surface area contributed by atoms with Crippen LogP contribution in [-0.2, 0) is 4.74 Å². The second-order valence-electron chi connectivity index (χ2n) is 11.4. The summed E-state index contributed by atoms with van der Waals surface area (Å²) in [5.41, 5.74) is 1.28. The Hall–Kier alpha value is -3.54. The van der Waals surface area contributed by atoms with Gasteiger partial charge in [-0.3, -0.25) is 4.79 Å². The number of carbonyl (C=O) groups is 2. The number of fused-ring (bicyclic) bond motifs is 2. The molecule has 0 saturated heterocycles. The number of hydrogen-bond acceptors (Lipinski definition) is 8. The first kappa shape index (κ1) is 31.4. The van der Waals surface area contributed by atoms with Crippen LogP contribution in [0.2, 0.25) is 0 Å². The van der Waals surface area contributed by atoms with E-state index in [1.165, 1.54) is 0 Å². The monoisotopic (exact) mass is 584 g/mol. The van der Waals surface area contributed by atoms with Crippen LogP contribution in [0, 0.1) is 5.92 Å². The Bertz CT molecular complexity index is 1220. The summed E-state index contributed by atoms with van der Waals surface area (Å²) in [5, 5.41) is 15.7. The molecule has 11 nitrogen and oxygen atoms in total. The number of rotatable bonds is 6. The number of likely N-dealkylation sites (N-methyl/N-ethyl adjacent to an activating group) is 1. The number of hydrogen-bond donors (Lipinski definition) is 3. The largest absolute Gasteiger partial charge is 0.490 e. The first-order valence-electron chi connectivity index (χ1n) is 14.6. The summed E-state index contributed by atoms with van der Waals surface area (Å²) in [6.45, 7) is 7.57. The van der Waals surface area contributed by atoms with Crippen molar-refractivity contribution in [2.24, 2.45) is 5.92 Å². The van der Waals surface area contributed by atoms with Gasteiger partial charge in [-0.05, 0) is 77.5 Å². The highest BCUT2D eigenvalue weighted by Gasteiger charge is 2.30. The first-order chi connectivity index (χ1) is 20.1. The van der Waals surface area contributed by atoms with E-state index in [4.69, 9.17) is 18.9 Å². The molecule has 2 heterocycles. The van der Waals surface area contributed by atoms with Gasteiger partial charge in [-0.25, -0.2) is 4.79 Å². The molecule has 11 heteroatoms. The second kappa shape index (κ2) is 14.6. The van der Waals surface area contributed by atoms with E-state index in [-0.39, 0.29) is 37.4 Å². The van der Waals surface area contributed by atoms with Gasteiger partial charge >= 0.3 is 6.03 Å². The topological polar surface area (TPSA) is 122 Å². The number of aliphatic hydroxyl groups excluding tert-OH is 1. The standard InChI is InChI=1S/C31H44N4O7/c1-20-16-35(21(2)18-36)30(37)25-14-23(32-31(38)33-24-10-12-27-28(15-24)41-19-40-27)9-11-26(25)42-22(3)8-6-7-13-39-29(20)17-34(4)5/h9-12,14-15,20-22,29,36H,6-8,13,16-19H2,1-5H3,(H2,32,33,38)/t20-,21+,22+,29-/m1/s1. The average molecular weight is 585 g/mol. The summed E-state index contributed by atoms with van der Waals surface area (Å²) >= 11 is 0. The number of ether oxygens (including phenoxy) is 4. The molecule has 0 bridgehead atoms. The molecule has 230 valence electrons. The quantitative estimate of drug-likeness (QED) is 0.457. The molecule has 0 fully saturated rings. The minimum Gasteiger partial charge on any atom is -0.490 e. The van der Waals surface area contributed by atoms with Crippen molar-refractivity contribution in [1.29, 1.82) is 0 Å². The summed E-state index contributed by atoms with van der Waals surface area (Å²) in [4.78, 5) is 30.8. The van der Waals surface area contributed by atoms with Crippen LogP contribution in [0.5, 0.6) is 17.2 Å². The molecule has 0 spiro atoms. The van der Waals surface area contributed by atoms with E-state index in [9.17, 15) is 14.7 Å². The van der Waals surface area contributed by atoms with Gasteiger partial charge in [0.2, 0.25) is 6.79 Å². The molecule has 2 aromatic rings. The summed E-state index contributed by atoms with van der Waals surface area (Å²) in [6, 6.07) is 9.28. The average Bonchev–Trinajstić information content (AvgIpc) is 3.42. The van der Waals surface area contributed by atoms with E-state index in [1.54, 1.807) is 41.3 Å². The molecule has 4 rings (SSSR count). The fourth-order valence-corrected chi connectivity index (χ4v) is 5.09. The molecule has 3 amide bonds. The summed E-state index contributed by atoms with van der Waals surface area (Å²) in [6.07, 6.45) is 2.44. The maximum atomic E-state index is 14.2. The summed E-state index contributed by atoms with van der Waals surface area (Å²) in [5.74, 6) is 1.34. The van der Waals surface area contributed by atoms with E-state index in [1.807, 2.05) is 27.9 Å². The van der Waals surface area contributed by atoms with E-state index in [2.05, 4.69) is 22.5 Å². The molecule has 3 N–H and O–H groups in total. The van der Waals surface area contributed by atoms with Crippen molar-refractivity contribution in [3.63, 3.8) is 0 Å². The number of amides is 3. The number of benzene rings is 2. The van der Waals surface area contributed by atoms with Crippen LogP contribution < -0.4 is 24.8 Å². The van der Waals surface area contributed by atoms with Gasteiger partial charge in [-0.1, -0.05) is 6.92 Å². The highest BCUT2D eigenvalue weighted by molar-refractivity contribution is 6.02. The summed E-state index contributed by atoms with van der Waals surface area (Å²) < 4.78 is 23.3. The van der Waals surface area contributed by atoms with E-state index in [0.717, 1.165) is 25.8 Å². The Balaban J connectivity index is 1.60. The van der Waals surface area contributed by atoms with Crippen LogP contribution in [0.4, 0.5) is 16.2 Å². The Kier molecular flexibility index (Phi) is 10.9. The number of nitrogens with zero attached hydrogens (tertiary/aromatic N) is 2. The van der Waals surface area contributed by atoms with Crippen molar-refractivity contribution in [2.45, 2.75) is 58.3 Å². The minimum absolute atomic E-state index is 0.00497. The first-order valence-corrected chi connectivity index (χ1v) is 14.6. The molecule has 0 aliphatic carbocycles. The fraction of sp³-hybridized carbons (Fsp3) is 0.548. The van der Waals surface area contributed by atoms with Crippen LogP contribution in [-0.4, -0.2) is 92.3 Å². The smallest absolute Gasteiger partial charge is 0.323 e. The van der Waals surface area contributed by atoms with Crippen molar-refractivity contribution in [3.05, 3.63) is 42.0 Å². The van der Waals surface area contributed by atoms with Crippen molar-refractivity contribution < 1.29 is 33.6 Å². The van der Waals surface area contributed by atoms with Gasteiger partial charge in [0, 0.05) is 43.1 Å². The van der Waals surface area contributed by atoms with Gasteiger partial charge in [0.15, 0.2) is 11.5 Å². The van der Waals surface area contributed by atoms with Crippen LogP contribution >= 0.6 is 0 Å². The Labute approximate surface area is 248 Å². The van der Waals surface area contributed by atoms with Gasteiger partial charge in [-0.2, -0.15) is 0 Å². The molecular weight excluding hydrogens is 540 g/mol. The van der Waals surface area contributed by atoms with Crippen molar-refractivity contribution in [1.82, 2.24) is 9.80 Å². The number of aliphatic hydroxyl groups is 1. The predicted octanol–water partition coefficient (Wildman–Crippen LogP) is 4.42. The Morgan fingerprint density at radius 1 is 1.05 bits per heavy atom. The molecule has 2 aromatic carbocycles. The zero-order valence-corrected chi connectivity index (χ0v) is 25.2. The van der Waals surface area contributed by atoms with Crippen molar-refractivity contribution >= 4 is 23.3 Å². The minimum atomic E-state index is -0.477. The second-order valence-corrected chi connectivity index (χ2v) is 11.4. The lowest BCUT2D eigenvalue weighted by molar-refractivity contribution is -0.0137. The van der Waals surface area contributed by atoms with Gasteiger partial charge in [0.05, 0.1) is 30.4 Å². The summed E-state index contributed by atoms with van der Waals surface area (Å²) in [7, 11) is 4.01. The van der Waals surface area contributed by atoms with Gasteiger partial charge in [0.25, 0.3) is 5.91 Å². The lowest BCUT2D eigenvalue weighted by Gasteiger charge is -2.35. The maximum Gasteiger partial charge on any atom is 0.323 e. The highest BCUT2D eigenvalue weighted by Crippen LogP contribution is 2.34. The van der Waals surface area contributed by atoms with Crippen LogP contribution in [0.1, 0.15) is 50.4 Å². The molecule has 0 unspecified atom stereocenters. The SMILES string of the molecule is C[C@@H]1CN([C@@H](C)CO)C(=O)c2cc(NC(=O)Nc3ccc4c(c3)OCO4)ccc2O[C@@H](C)CCCCO[C@@H]1CN(C)C. The third-order valence-electron chi connectivity index (χ3n) is 7.48. The van der Waals surface area contributed by atoms with E-state index in [0.29, 0.717) is 47.3 Å². The van der Waals surface area contributed by atoms with Crippen molar-refractivity contribution in [3.8, 4) is 17.2 Å². The molecular formula is C31H44N4O7. The van der Waals surface area contributed by atoms with E-state index < -0.39 is 12.1 Å². The van der Waals surface area contributed by atoms with Crippen LogP contribution in [0.25, 0.3) is 0 Å². The Morgan fingerprint density at radius 3 is 2.45 bits per heavy atom. The predicted molar refractivity (Wildman–Crippen MR) is 161 cm³/mol. The highest BCUT2D eigenvalue weighted by atomic mass is 16.7. The molecule has 2 aliphatic heterocycles. The molecule has 0 saturated carbocycles. The third kappa shape index (κ3) is 8.27. The Morgan fingerprint density at radius 2 is 1.74 bits per heavy atom. The zero-order chi connectivity index (χ0) is 30.2. The van der Waals surface area contributed by atoms with Crippen LogP contribution in [0.15, 0.2) is 36.4 Å². The maximum absolute atomic E-state index is 14.2. The molecule has 0 radical (unpaired) electrons. The van der Waals surface area contributed by atoms with Gasteiger partial charge < -0.3 is 44.5 Å². The zero-order valence-electron chi connectivity index (χ0n) is 25.2. The number of anilines is 2. The molecule has 0 aromatic heterocycles.